The zero-order valence-electron chi connectivity index (χ0n) is 29.8. The summed E-state index contributed by atoms with van der Waals surface area (Å²) in [5, 5.41) is 0. The van der Waals surface area contributed by atoms with Crippen LogP contribution in [-0.4, -0.2) is 0 Å². The van der Waals surface area contributed by atoms with E-state index in [1.165, 1.54) is 70.2 Å². The van der Waals surface area contributed by atoms with Crippen LogP contribution in [0.1, 0.15) is 36.8 Å². The minimum atomic E-state index is 0.253. The molecule has 6 unspecified atom stereocenters. The second-order valence-electron chi connectivity index (χ2n) is 16.5. The van der Waals surface area contributed by atoms with Gasteiger partial charge in [-0.3, -0.25) is 0 Å². The Hall–Kier alpha value is -5.66. The second-order valence-corrected chi connectivity index (χ2v) is 16.5. The van der Waals surface area contributed by atoms with Gasteiger partial charge in [-0.05, 0) is 147 Å². The Balaban J connectivity index is 0.950. The van der Waals surface area contributed by atoms with E-state index < -0.39 is 0 Å². The van der Waals surface area contributed by atoms with Crippen LogP contribution in [0.25, 0.3) is 44.5 Å². The number of para-hydroxylation sites is 1. The van der Waals surface area contributed by atoms with E-state index in [1.807, 2.05) is 0 Å². The largest absolute Gasteiger partial charge is 0.310 e. The molecule has 2 spiro atoms. The van der Waals surface area contributed by atoms with Crippen molar-refractivity contribution >= 4 is 17.1 Å². The fourth-order valence-electron chi connectivity index (χ4n) is 12.7. The minimum Gasteiger partial charge on any atom is -0.310 e. The van der Waals surface area contributed by atoms with Gasteiger partial charge >= 0.3 is 0 Å². The first-order valence-corrected chi connectivity index (χ1v) is 19.7. The van der Waals surface area contributed by atoms with Gasteiger partial charge in [-0.15, -0.1) is 0 Å². The number of anilines is 3. The first-order valence-electron chi connectivity index (χ1n) is 19.7. The van der Waals surface area contributed by atoms with Crippen molar-refractivity contribution in [1.82, 2.24) is 0 Å². The molecule has 0 N–H and O–H groups in total. The van der Waals surface area contributed by atoms with Crippen LogP contribution in [0.3, 0.4) is 0 Å². The standard InChI is InChI=1S/C52H41N/c1-4-12-35(13-5-1)39-23-27-48(44(30-39)37-14-6-2-7-15-37)53(41-16-8-3-9-17-41)42-24-20-36(21-25-42)38-22-26-47-45(31-38)43-18-10-11-19-46(43)52(47)49-29-34-28-40-32-50(52)51(40,49)33-34/h1-27,30-31,34,40,49-50H,28-29,32-33H2. The van der Waals surface area contributed by atoms with Gasteiger partial charge in [0.15, 0.2) is 0 Å². The lowest BCUT2D eigenvalue weighted by Gasteiger charge is -2.76. The molecular formula is C52H41N. The van der Waals surface area contributed by atoms with E-state index in [2.05, 4.69) is 181 Å². The summed E-state index contributed by atoms with van der Waals surface area (Å²) in [6, 6.07) is 65.5. The van der Waals surface area contributed by atoms with E-state index in [0.29, 0.717) is 5.41 Å². The van der Waals surface area contributed by atoms with Crippen LogP contribution >= 0.6 is 0 Å². The maximum Gasteiger partial charge on any atom is 0.0540 e. The highest BCUT2D eigenvalue weighted by molar-refractivity contribution is 5.91. The molecule has 5 aliphatic rings. The zero-order valence-corrected chi connectivity index (χ0v) is 29.8. The third-order valence-electron chi connectivity index (χ3n) is 14.5. The molecule has 2 bridgehead atoms. The lowest BCUT2D eigenvalue weighted by Crippen LogP contribution is -2.73. The summed E-state index contributed by atoms with van der Waals surface area (Å²) in [4.78, 5) is 2.41. The average molecular weight is 680 g/mol. The third kappa shape index (κ3) is 3.93. The number of benzene rings is 7. The normalized spacial score (nSPS) is 26.3. The maximum atomic E-state index is 2.54. The highest BCUT2D eigenvalue weighted by Crippen LogP contribution is 2.89. The number of nitrogens with zero attached hydrogens (tertiary/aromatic N) is 1. The molecule has 0 amide bonds. The smallest absolute Gasteiger partial charge is 0.0540 e. The summed E-state index contributed by atoms with van der Waals surface area (Å²) in [5.41, 5.74) is 18.0. The van der Waals surface area contributed by atoms with Gasteiger partial charge in [0.25, 0.3) is 0 Å². The molecule has 1 heteroatoms. The quantitative estimate of drug-likeness (QED) is 0.169. The molecule has 7 aromatic carbocycles. The van der Waals surface area contributed by atoms with E-state index in [9.17, 15) is 0 Å². The van der Waals surface area contributed by atoms with Crippen LogP contribution < -0.4 is 4.90 Å². The molecule has 1 nitrogen and oxygen atoms in total. The molecule has 0 aliphatic heterocycles. The molecule has 0 saturated heterocycles. The lowest BCUT2D eigenvalue weighted by atomic mass is 9.27. The Morgan fingerprint density at radius 3 is 1.74 bits per heavy atom. The van der Waals surface area contributed by atoms with Crippen molar-refractivity contribution in [2.75, 3.05) is 4.90 Å². The number of hydrogen-bond donors (Lipinski definition) is 0. The molecule has 4 fully saturated rings. The molecule has 0 heterocycles. The van der Waals surface area contributed by atoms with Gasteiger partial charge in [-0.2, -0.15) is 0 Å². The van der Waals surface area contributed by atoms with Gasteiger partial charge in [0, 0.05) is 22.4 Å². The van der Waals surface area contributed by atoms with Gasteiger partial charge in [0.05, 0.1) is 5.69 Å². The SMILES string of the molecule is c1ccc(-c2ccc(N(c3ccccc3)c3ccc(-c4ccc5c(c4)-c4ccccc4C54C5CC6CC7CC4C75C6)cc3)c(-c3ccccc3)c2)cc1. The molecular weight excluding hydrogens is 639 g/mol. The van der Waals surface area contributed by atoms with Crippen LogP contribution in [0.15, 0.2) is 176 Å². The van der Waals surface area contributed by atoms with Crippen molar-refractivity contribution in [3.63, 3.8) is 0 Å². The van der Waals surface area contributed by atoms with E-state index in [0.717, 1.165) is 40.7 Å². The van der Waals surface area contributed by atoms with Gasteiger partial charge in [0.1, 0.15) is 0 Å². The average Bonchev–Trinajstić information content (AvgIpc) is 3.86. The number of hydrogen-bond acceptors (Lipinski definition) is 1. The fourth-order valence-corrected chi connectivity index (χ4v) is 12.7. The van der Waals surface area contributed by atoms with Crippen molar-refractivity contribution in [2.24, 2.45) is 29.1 Å². The van der Waals surface area contributed by atoms with Gasteiger partial charge < -0.3 is 4.90 Å². The van der Waals surface area contributed by atoms with Gasteiger partial charge in [-0.25, -0.2) is 0 Å². The zero-order chi connectivity index (χ0) is 34.7. The Labute approximate surface area is 312 Å². The molecule has 5 aliphatic carbocycles. The Morgan fingerprint density at radius 1 is 0.415 bits per heavy atom. The molecule has 7 aromatic rings. The predicted molar refractivity (Wildman–Crippen MR) is 219 cm³/mol. The Morgan fingerprint density at radius 2 is 0.981 bits per heavy atom. The maximum absolute atomic E-state index is 2.54. The van der Waals surface area contributed by atoms with Crippen molar-refractivity contribution < 1.29 is 0 Å². The van der Waals surface area contributed by atoms with E-state index >= 15 is 0 Å². The second kappa shape index (κ2) is 10.9. The third-order valence-corrected chi connectivity index (χ3v) is 14.5. The van der Waals surface area contributed by atoms with Crippen molar-refractivity contribution in [1.29, 1.82) is 0 Å². The van der Waals surface area contributed by atoms with Crippen LogP contribution in [-0.2, 0) is 5.41 Å². The van der Waals surface area contributed by atoms with Gasteiger partial charge in [-0.1, -0.05) is 133 Å². The van der Waals surface area contributed by atoms with Crippen LogP contribution in [0, 0.1) is 29.1 Å². The summed E-state index contributed by atoms with van der Waals surface area (Å²) in [5.74, 6) is 3.68. The number of fused-ring (bicyclic) bond motifs is 8. The van der Waals surface area contributed by atoms with Crippen LogP contribution in [0.2, 0.25) is 0 Å². The van der Waals surface area contributed by atoms with Crippen LogP contribution in [0.4, 0.5) is 17.1 Å². The predicted octanol–water partition coefficient (Wildman–Crippen LogP) is 13.5. The van der Waals surface area contributed by atoms with Crippen LogP contribution in [0.5, 0.6) is 0 Å². The molecule has 254 valence electrons. The number of rotatable bonds is 6. The molecule has 6 atom stereocenters. The Bertz CT molecular complexity index is 2540. The van der Waals surface area contributed by atoms with E-state index in [1.54, 1.807) is 11.1 Å². The molecule has 4 saturated carbocycles. The first kappa shape index (κ1) is 29.9. The summed E-state index contributed by atoms with van der Waals surface area (Å²) >= 11 is 0. The Kier molecular flexibility index (Phi) is 6.16. The fraction of sp³-hybridized carbons (Fsp3) is 0.192. The van der Waals surface area contributed by atoms with Crippen molar-refractivity contribution in [3.8, 4) is 44.5 Å². The highest BCUT2D eigenvalue weighted by Gasteiger charge is 2.84. The molecule has 53 heavy (non-hydrogen) atoms. The van der Waals surface area contributed by atoms with Crippen molar-refractivity contribution in [3.05, 3.63) is 187 Å². The topological polar surface area (TPSA) is 3.24 Å². The molecule has 0 aromatic heterocycles. The summed E-state index contributed by atoms with van der Waals surface area (Å²) in [7, 11) is 0. The van der Waals surface area contributed by atoms with E-state index in [4.69, 9.17) is 0 Å². The summed E-state index contributed by atoms with van der Waals surface area (Å²) in [6.45, 7) is 0. The molecule has 0 radical (unpaired) electrons. The van der Waals surface area contributed by atoms with E-state index in [-0.39, 0.29) is 5.41 Å². The summed E-state index contributed by atoms with van der Waals surface area (Å²) in [6.07, 6.45) is 5.92. The summed E-state index contributed by atoms with van der Waals surface area (Å²) < 4.78 is 0. The monoisotopic (exact) mass is 679 g/mol. The first-order chi connectivity index (χ1) is 26.2. The highest BCUT2D eigenvalue weighted by atomic mass is 15.1. The van der Waals surface area contributed by atoms with Gasteiger partial charge in [0.2, 0.25) is 0 Å². The van der Waals surface area contributed by atoms with Crippen molar-refractivity contribution in [2.45, 2.75) is 31.1 Å². The molecule has 12 rings (SSSR count). The lowest BCUT2D eigenvalue weighted by molar-refractivity contribution is -0.231. The minimum absolute atomic E-state index is 0.253.